The van der Waals surface area contributed by atoms with Crippen LogP contribution in [0.2, 0.25) is 0 Å². The lowest BCUT2D eigenvalue weighted by molar-refractivity contribution is -0.144. The highest BCUT2D eigenvalue weighted by Gasteiger charge is 2.38. The molecule has 14 heteroatoms. The minimum atomic E-state index is -4.98. The van der Waals surface area contributed by atoms with Crippen LogP contribution in [0.5, 0.6) is 0 Å². The molecule has 4 rings (SSSR count). The summed E-state index contributed by atoms with van der Waals surface area (Å²) in [6, 6.07) is 13.4. The second kappa shape index (κ2) is 9.52. The van der Waals surface area contributed by atoms with Gasteiger partial charge in [-0.2, -0.15) is 23.0 Å². The van der Waals surface area contributed by atoms with Crippen LogP contribution >= 0.6 is 11.8 Å². The summed E-state index contributed by atoms with van der Waals surface area (Å²) in [6.45, 7) is 0. The largest absolute Gasteiger partial charge is 0.477 e. The average Bonchev–Trinajstić information content (AvgIpc) is 3.19. The van der Waals surface area contributed by atoms with Gasteiger partial charge in [-0.25, -0.2) is 23.2 Å². The highest BCUT2D eigenvalue weighted by molar-refractivity contribution is 7.98. The van der Waals surface area contributed by atoms with Crippen molar-refractivity contribution in [1.82, 2.24) is 19.7 Å². The van der Waals surface area contributed by atoms with Gasteiger partial charge in [0.15, 0.2) is 15.7 Å². The number of nitrogen functional groups attached to an aromatic ring is 1. The Hall–Kier alpha value is -3.91. The number of benzene rings is 2. The molecule has 0 radical (unpaired) electrons. The summed E-state index contributed by atoms with van der Waals surface area (Å²) in [5, 5.41) is 13.8. The Morgan fingerprint density at radius 3 is 2.14 bits per heavy atom. The number of carboxylic acids is 1. The summed E-state index contributed by atoms with van der Waals surface area (Å²) in [5.41, 5.74) is 6.16. The van der Waals surface area contributed by atoms with Crippen LogP contribution in [0.25, 0.3) is 28.2 Å². The third kappa shape index (κ3) is 5.02. The van der Waals surface area contributed by atoms with E-state index < -0.39 is 39.4 Å². The van der Waals surface area contributed by atoms with Crippen LogP contribution in [0.4, 0.5) is 19.0 Å². The van der Waals surface area contributed by atoms with Crippen LogP contribution < -0.4 is 5.73 Å². The lowest BCUT2D eigenvalue weighted by atomic mass is 9.99. The molecule has 2 aromatic carbocycles. The molecular formula is C23H18F3N5O4S2. The zero-order valence-electron chi connectivity index (χ0n) is 19.2. The molecule has 0 aliphatic heterocycles. The van der Waals surface area contributed by atoms with Gasteiger partial charge in [-0.15, -0.1) is 11.8 Å². The second-order valence-electron chi connectivity index (χ2n) is 7.74. The van der Waals surface area contributed by atoms with Gasteiger partial charge in [-0.1, -0.05) is 42.5 Å². The number of aromatic nitrogens is 4. The predicted molar refractivity (Wildman–Crippen MR) is 131 cm³/mol. The number of nitrogens with zero attached hydrogens (tertiary/aromatic N) is 4. The van der Waals surface area contributed by atoms with E-state index in [2.05, 4.69) is 15.1 Å². The molecule has 0 aliphatic rings. The van der Waals surface area contributed by atoms with E-state index in [1.165, 1.54) is 24.3 Å². The predicted octanol–water partition coefficient (Wildman–Crippen LogP) is 4.42. The molecule has 0 saturated heterocycles. The molecule has 0 atom stereocenters. The molecule has 0 fully saturated rings. The fourth-order valence-electron chi connectivity index (χ4n) is 3.58. The van der Waals surface area contributed by atoms with Crippen molar-refractivity contribution in [3.63, 3.8) is 0 Å². The number of carboxylic acid groups (broad SMARTS) is 1. The first-order valence-corrected chi connectivity index (χ1v) is 13.5. The van der Waals surface area contributed by atoms with Crippen molar-refractivity contribution in [2.45, 2.75) is 16.1 Å². The fraction of sp³-hybridized carbons (Fsp3) is 0.130. The van der Waals surface area contributed by atoms with E-state index in [0.717, 1.165) is 22.7 Å². The van der Waals surface area contributed by atoms with E-state index in [1.54, 1.807) is 36.6 Å². The summed E-state index contributed by atoms with van der Waals surface area (Å²) < 4.78 is 66.5. The van der Waals surface area contributed by atoms with Crippen molar-refractivity contribution in [3.05, 3.63) is 66.0 Å². The van der Waals surface area contributed by atoms with Gasteiger partial charge in [0.25, 0.3) is 0 Å². The number of aromatic carboxylic acids is 1. The molecule has 0 bridgehead atoms. The van der Waals surface area contributed by atoms with Gasteiger partial charge >= 0.3 is 12.1 Å². The van der Waals surface area contributed by atoms with Crippen LogP contribution in [0, 0.1) is 0 Å². The van der Waals surface area contributed by atoms with Gasteiger partial charge in [0.05, 0.1) is 16.2 Å². The Balaban J connectivity index is 2.14. The number of anilines is 1. The number of sulfone groups is 1. The average molecular weight is 550 g/mol. The molecule has 37 heavy (non-hydrogen) atoms. The Kier molecular flexibility index (Phi) is 6.73. The number of rotatable bonds is 6. The van der Waals surface area contributed by atoms with Crippen LogP contribution in [0.1, 0.15) is 16.2 Å². The van der Waals surface area contributed by atoms with E-state index in [9.17, 15) is 31.5 Å². The third-order valence-corrected chi connectivity index (χ3v) is 7.06. The first kappa shape index (κ1) is 26.2. The number of alkyl halides is 3. The van der Waals surface area contributed by atoms with Gasteiger partial charge in [0, 0.05) is 11.8 Å². The number of thioether (sulfide) groups is 1. The molecular weight excluding hydrogens is 531 g/mol. The molecule has 2 aromatic heterocycles. The highest BCUT2D eigenvalue weighted by atomic mass is 32.2. The summed E-state index contributed by atoms with van der Waals surface area (Å²) in [4.78, 5) is 19.3. The summed E-state index contributed by atoms with van der Waals surface area (Å²) in [7, 11) is -3.57. The molecule has 3 N–H and O–H groups in total. The molecule has 0 amide bonds. The van der Waals surface area contributed by atoms with Crippen LogP contribution in [0.15, 0.2) is 64.5 Å². The maximum Gasteiger partial charge on any atom is 0.451 e. The molecule has 4 aromatic rings. The van der Waals surface area contributed by atoms with Gasteiger partial charge in [-0.3, -0.25) is 0 Å². The van der Waals surface area contributed by atoms with E-state index in [1.807, 2.05) is 0 Å². The summed E-state index contributed by atoms with van der Waals surface area (Å²) >= 11 is 0.954. The van der Waals surface area contributed by atoms with E-state index in [4.69, 9.17) is 5.73 Å². The maximum atomic E-state index is 13.9. The number of carbonyl (C=O) groups is 1. The minimum Gasteiger partial charge on any atom is -0.477 e. The Morgan fingerprint density at radius 1 is 1.03 bits per heavy atom. The number of halogens is 3. The van der Waals surface area contributed by atoms with E-state index in [-0.39, 0.29) is 32.3 Å². The standard InChI is InChI=1S/C23H18F3N5O4S2/c1-36-20-16(21(32)33)18(27)31(30-20)19-15(12-6-4-3-5-7-12)17(28-22(29-19)23(24,25)26)13-8-10-14(11-9-13)37(2,34)35/h3-11H,27H2,1-2H3,(H,32,33). The maximum absolute atomic E-state index is 13.9. The first-order valence-electron chi connectivity index (χ1n) is 10.3. The van der Waals surface area contributed by atoms with Crippen LogP contribution in [-0.2, 0) is 16.0 Å². The SMILES string of the molecule is CSc1nn(-c2nc(C(F)(F)F)nc(-c3ccc(S(C)(=O)=O)cc3)c2-c2ccccc2)c(N)c1C(=O)O. The topological polar surface area (TPSA) is 141 Å². The highest BCUT2D eigenvalue weighted by Crippen LogP contribution is 2.40. The number of nitrogens with two attached hydrogens (primary N) is 1. The Morgan fingerprint density at radius 2 is 1.65 bits per heavy atom. The smallest absolute Gasteiger partial charge is 0.451 e. The Labute approximate surface area is 213 Å². The van der Waals surface area contributed by atoms with Gasteiger partial charge in [-0.05, 0) is 24.0 Å². The van der Waals surface area contributed by atoms with Gasteiger partial charge in [0.1, 0.15) is 16.4 Å². The van der Waals surface area contributed by atoms with Gasteiger partial charge in [0.2, 0.25) is 5.82 Å². The number of hydrogen-bond donors (Lipinski definition) is 2. The second-order valence-corrected chi connectivity index (χ2v) is 10.6. The van der Waals surface area contributed by atoms with Crippen LogP contribution in [0.3, 0.4) is 0 Å². The molecule has 2 heterocycles. The van der Waals surface area contributed by atoms with E-state index >= 15 is 0 Å². The lowest BCUT2D eigenvalue weighted by Crippen LogP contribution is -2.17. The van der Waals surface area contributed by atoms with Crippen molar-refractivity contribution in [1.29, 1.82) is 0 Å². The van der Waals surface area contributed by atoms with Crippen molar-refractivity contribution < 1.29 is 31.5 Å². The molecule has 9 nitrogen and oxygen atoms in total. The molecule has 0 spiro atoms. The van der Waals surface area contributed by atoms with E-state index in [0.29, 0.717) is 5.56 Å². The summed E-state index contributed by atoms with van der Waals surface area (Å²) in [6.07, 6.45) is -2.43. The Bertz CT molecular complexity index is 1600. The van der Waals surface area contributed by atoms with Crippen molar-refractivity contribution in [3.8, 4) is 28.2 Å². The normalized spacial score (nSPS) is 12.0. The van der Waals surface area contributed by atoms with Crippen molar-refractivity contribution >= 4 is 33.4 Å². The zero-order valence-corrected chi connectivity index (χ0v) is 20.8. The van der Waals surface area contributed by atoms with Gasteiger partial charge < -0.3 is 10.8 Å². The quantitative estimate of drug-likeness (QED) is 0.334. The summed E-state index contributed by atoms with van der Waals surface area (Å²) in [5.74, 6) is -3.73. The minimum absolute atomic E-state index is 0.0183. The van der Waals surface area contributed by atoms with Crippen LogP contribution in [-0.4, -0.2) is 51.8 Å². The molecule has 0 aliphatic carbocycles. The number of hydrogen-bond acceptors (Lipinski definition) is 8. The zero-order chi connectivity index (χ0) is 27.1. The fourth-order valence-corrected chi connectivity index (χ4v) is 4.77. The monoisotopic (exact) mass is 549 g/mol. The van der Waals surface area contributed by atoms with Crippen molar-refractivity contribution in [2.75, 3.05) is 18.2 Å². The third-order valence-electron chi connectivity index (χ3n) is 5.26. The first-order chi connectivity index (χ1) is 17.3. The molecule has 192 valence electrons. The molecule has 0 unspecified atom stereocenters. The van der Waals surface area contributed by atoms with Crippen molar-refractivity contribution in [2.24, 2.45) is 0 Å². The lowest BCUT2D eigenvalue weighted by Gasteiger charge is -2.18. The molecule has 0 saturated carbocycles.